The lowest BCUT2D eigenvalue weighted by Crippen LogP contribution is -2.35. The number of nitrogens with zero attached hydrogens (tertiary/aromatic N) is 4. The van der Waals surface area contributed by atoms with Crippen LogP contribution in [0.25, 0.3) is 42.9 Å². The molecule has 44 heavy (non-hydrogen) atoms. The number of ketones is 1. The van der Waals surface area contributed by atoms with Crippen molar-refractivity contribution in [3.8, 4) is 21.7 Å². The molecule has 0 amide bonds. The second kappa shape index (κ2) is 11.6. The Morgan fingerprint density at radius 2 is 1.68 bits per heavy atom. The number of aryl methyl sites for hydroxylation is 2. The fraction of sp³-hybridized carbons (Fsp3) is 0.400. The second-order valence-electron chi connectivity index (χ2n) is 13.0. The third kappa shape index (κ3) is 5.65. The van der Waals surface area contributed by atoms with Gasteiger partial charge in [0.05, 0.1) is 26.9 Å². The molecule has 3 heterocycles. The minimum atomic E-state index is -0.736. The maximum Gasteiger partial charge on any atom is 0.329 e. The van der Waals surface area contributed by atoms with Gasteiger partial charge >= 0.3 is 5.69 Å². The number of Topliss-reactive ketones (excluding diaryl/α,β-unsaturated/α-hetero) is 1. The van der Waals surface area contributed by atoms with Crippen molar-refractivity contribution in [2.24, 2.45) is 7.05 Å². The lowest BCUT2D eigenvalue weighted by atomic mass is 9.90. The van der Waals surface area contributed by atoms with Gasteiger partial charge in [0.15, 0.2) is 5.78 Å². The molecule has 9 heteroatoms. The Balaban J connectivity index is 1.56. The Bertz CT molecular complexity index is 1940. The maximum atomic E-state index is 13.4. The van der Waals surface area contributed by atoms with Gasteiger partial charge in [0.1, 0.15) is 11.1 Å². The van der Waals surface area contributed by atoms with Crippen LogP contribution in [-0.2, 0) is 16.6 Å². The highest BCUT2D eigenvalue weighted by Crippen LogP contribution is 2.45. The van der Waals surface area contributed by atoms with E-state index in [1.165, 1.54) is 0 Å². The van der Waals surface area contributed by atoms with Crippen molar-refractivity contribution in [1.29, 1.82) is 0 Å². The standard InChI is InChI=1S/C35H39ClN4O3S/c1-20-18-26-32(30(22-8-11-24(36)12-9-22)29(20)31(21(2)41)43-35(3,4)5)44-33(37-26)23-10-13-27-28(19-23)40(34(42)39(27)7)25-14-16-38(6)17-15-25/h8-13,18-19,25,31H,14-17H2,1-7H3/t31-/m1/s1. The molecule has 2 aromatic heterocycles. The van der Waals surface area contributed by atoms with Gasteiger partial charge in [-0.15, -0.1) is 11.3 Å². The van der Waals surface area contributed by atoms with Gasteiger partial charge in [-0.25, -0.2) is 9.78 Å². The number of hydrogen-bond donors (Lipinski definition) is 0. The summed E-state index contributed by atoms with van der Waals surface area (Å²) in [4.78, 5) is 34.0. The Kier molecular flexibility index (Phi) is 8.07. The number of benzene rings is 3. The van der Waals surface area contributed by atoms with Gasteiger partial charge in [0, 0.05) is 34.8 Å². The zero-order valence-electron chi connectivity index (χ0n) is 26.4. The SMILES string of the molecule is CC(=O)[C@@H](OC(C)(C)C)c1c(C)cc2nc(-c3ccc4c(c3)n(C3CCN(C)CC3)c(=O)n4C)sc2c1-c1ccc(Cl)cc1. The molecule has 7 nitrogen and oxygen atoms in total. The van der Waals surface area contributed by atoms with E-state index in [-0.39, 0.29) is 17.5 Å². The van der Waals surface area contributed by atoms with Gasteiger partial charge in [0.2, 0.25) is 0 Å². The van der Waals surface area contributed by atoms with Gasteiger partial charge in [-0.1, -0.05) is 23.7 Å². The molecule has 0 spiro atoms. The van der Waals surface area contributed by atoms with Crippen LogP contribution in [0.2, 0.25) is 5.02 Å². The van der Waals surface area contributed by atoms with Crippen LogP contribution < -0.4 is 5.69 Å². The van der Waals surface area contributed by atoms with Crippen molar-refractivity contribution < 1.29 is 9.53 Å². The molecular formula is C35H39ClN4O3S. The first-order valence-corrected chi connectivity index (χ1v) is 16.3. The molecule has 1 fully saturated rings. The predicted molar refractivity (Wildman–Crippen MR) is 181 cm³/mol. The van der Waals surface area contributed by atoms with E-state index in [4.69, 9.17) is 21.3 Å². The largest absolute Gasteiger partial charge is 0.360 e. The van der Waals surface area contributed by atoms with Gasteiger partial charge in [-0.3, -0.25) is 13.9 Å². The zero-order chi connectivity index (χ0) is 31.5. The van der Waals surface area contributed by atoms with E-state index in [1.54, 1.807) is 22.8 Å². The highest BCUT2D eigenvalue weighted by Gasteiger charge is 2.31. The third-order valence-corrected chi connectivity index (χ3v) is 9.94. The number of hydrogen-bond acceptors (Lipinski definition) is 6. The van der Waals surface area contributed by atoms with Crippen LogP contribution >= 0.6 is 22.9 Å². The van der Waals surface area contributed by atoms with E-state index >= 15 is 0 Å². The third-order valence-electron chi connectivity index (χ3n) is 8.55. The summed E-state index contributed by atoms with van der Waals surface area (Å²) in [6, 6.07) is 16.1. The lowest BCUT2D eigenvalue weighted by molar-refractivity contribution is -0.138. The number of ether oxygens (including phenoxy) is 1. The summed E-state index contributed by atoms with van der Waals surface area (Å²) in [5.41, 5.74) is 6.86. The van der Waals surface area contributed by atoms with Crippen molar-refractivity contribution in [2.75, 3.05) is 20.1 Å². The number of halogens is 1. The van der Waals surface area contributed by atoms with Crippen LogP contribution in [0.1, 0.15) is 63.8 Å². The first kappa shape index (κ1) is 30.7. The molecule has 0 saturated carbocycles. The summed E-state index contributed by atoms with van der Waals surface area (Å²) in [5.74, 6) is -0.0521. The fourth-order valence-corrected chi connectivity index (χ4v) is 7.63. The molecular weight excluding hydrogens is 592 g/mol. The highest BCUT2D eigenvalue weighted by atomic mass is 35.5. The molecule has 6 rings (SSSR count). The fourth-order valence-electron chi connectivity index (χ4n) is 6.38. The normalized spacial score (nSPS) is 15.8. The van der Waals surface area contributed by atoms with Crippen molar-refractivity contribution in [3.63, 3.8) is 0 Å². The van der Waals surface area contributed by atoms with Gasteiger partial charge in [0.25, 0.3) is 0 Å². The summed E-state index contributed by atoms with van der Waals surface area (Å²) in [6.45, 7) is 11.5. The molecule has 0 unspecified atom stereocenters. The number of piperidine rings is 1. The Morgan fingerprint density at radius 3 is 2.32 bits per heavy atom. The Hall–Kier alpha value is -3.30. The monoisotopic (exact) mass is 630 g/mol. The van der Waals surface area contributed by atoms with Crippen LogP contribution in [0.3, 0.4) is 0 Å². The van der Waals surface area contributed by atoms with Crippen molar-refractivity contribution in [2.45, 2.75) is 65.2 Å². The van der Waals surface area contributed by atoms with E-state index in [9.17, 15) is 9.59 Å². The number of rotatable bonds is 6. The number of thiazole rings is 1. The summed E-state index contributed by atoms with van der Waals surface area (Å²) in [5, 5.41) is 1.50. The van der Waals surface area contributed by atoms with Crippen LogP contribution in [0.4, 0.5) is 0 Å². The number of fused-ring (bicyclic) bond motifs is 2. The molecule has 0 aliphatic carbocycles. The van der Waals surface area contributed by atoms with Gasteiger partial charge in [-0.2, -0.15) is 0 Å². The topological polar surface area (TPSA) is 69.4 Å². The molecule has 3 aromatic carbocycles. The van der Waals surface area contributed by atoms with Gasteiger partial charge in [-0.05, 0) is 115 Å². The first-order chi connectivity index (χ1) is 20.8. The van der Waals surface area contributed by atoms with E-state index in [2.05, 4.69) is 30.1 Å². The molecule has 1 aliphatic rings. The number of aromatic nitrogens is 3. The number of carbonyl (C=O) groups excluding carboxylic acids is 1. The smallest absolute Gasteiger partial charge is 0.329 e. The lowest BCUT2D eigenvalue weighted by Gasteiger charge is -2.29. The maximum absolute atomic E-state index is 13.4. The quantitative estimate of drug-likeness (QED) is 0.190. The highest BCUT2D eigenvalue weighted by molar-refractivity contribution is 7.22. The Morgan fingerprint density at radius 1 is 1.02 bits per heavy atom. The molecule has 1 saturated heterocycles. The molecule has 5 aromatic rings. The van der Waals surface area contributed by atoms with E-state index in [0.29, 0.717) is 5.02 Å². The summed E-state index contributed by atoms with van der Waals surface area (Å²) < 4.78 is 11.1. The summed E-state index contributed by atoms with van der Waals surface area (Å²) in [7, 11) is 3.98. The summed E-state index contributed by atoms with van der Waals surface area (Å²) in [6.07, 6.45) is 1.16. The number of likely N-dealkylation sites (tertiary alicyclic amines) is 1. The molecule has 1 atom stereocenters. The first-order valence-electron chi connectivity index (χ1n) is 15.1. The Labute approximate surface area is 267 Å². The van der Waals surface area contributed by atoms with Crippen molar-refractivity contribution >= 4 is 50.0 Å². The second-order valence-corrected chi connectivity index (χ2v) is 14.5. The minimum Gasteiger partial charge on any atom is -0.360 e. The average molecular weight is 631 g/mol. The van der Waals surface area contributed by atoms with E-state index < -0.39 is 11.7 Å². The van der Waals surface area contributed by atoms with Crippen LogP contribution in [0.5, 0.6) is 0 Å². The molecule has 0 bridgehead atoms. The minimum absolute atomic E-state index is 0.0235. The number of carbonyl (C=O) groups is 1. The number of imidazole rings is 1. The van der Waals surface area contributed by atoms with Crippen LogP contribution in [0, 0.1) is 6.92 Å². The summed E-state index contributed by atoms with van der Waals surface area (Å²) >= 11 is 7.89. The van der Waals surface area contributed by atoms with Crippen molar-refractivity contribution in [1.82, 2.24) is 19.0 Å². The van der Waals surface area contributed by atoms with E-state index in [0.717, 1.165) is 80.0 Å². The molecule has 0 radical (unpaired) electrons. The molecule has 1 aliphatic heterocycles. The molecule has 0 N–H and O–H groups in total. The average Bonchev–Trinajstić information content (AvgIpc) is 3.49. The van der Waals surface area contributed by atoms with Crippen molar-refractivity contribution in [3.05, 3.63) is 75.2 Å². The predicted octanol–water partition coefficient (Wildman–Crippen LogP) is 7.96. The van der Waals surface area contributed by atoms with Gasteiger partial charge < -0.3 is 9.64 Å². The van der Waals surface area contributed by atoms with Crippen LogP contribution in [-0.4, -0.2) is 50.5 Å². The van der Waals surface area contributed by atoms with E-state index in [1.807, 2.05) is 69.6 Å². The zero-order valence-corrected chi connectivity index (χ0v) is 28.0. The molecule has 230 valence electrons. The van der Waals surface area contributed by atoms with Crippen LogP contribution in [0.15, 0.2) is 53.3 Å².